The van der Waals surface area contributed by atoms with Gasteiger partial charge in [-0.05, 0) is 37.9 Å². The number of nitrogens with one attached hydrogen (secondary N) is 1. The van der Waals surface area contributed by atoms with Crippen LogP contribution >= 0.6 is 0 Å². The van der Waals surface area contributed by atoms with E-state index in [1.165, 1.54) is 19.4 Å². The fourth-order valence-electron chi connectivity index (χ4n) is 4.03. The van der Waals surface area contributed by atoms with Gasteiger partial charge in [-0.1, -0.05) is 24.2 Å². The second-order valence-electron chi connectivity index (χ2n) is 7.15. The van der Waals surface area contributed by atoms with Gasteiger partial charge in [-0.2, -0.15) is 4.98 Å². The Balaban J connectivity index is 1.49. The highest BCUT2D eigenvalue weighted by Crippen LogP contribution is 2.27. The maximum Gasteiger partial charge on any atom is 0.322 e. The van der Waals surface area contributed by atoms with E-state index in [-0.39, 0.29) is 12.1 Å². The van der Waals surface area contributed by atoms with E-state index in [1.54, 1.807) is 6.92 Å². The second-order valence-corrected chi connectivity index (χ2v) is 7.15. The lowest BCUT2D eigenvalue weighted by molar-refractivity contribution is 0.0767. The average molecular weight is 355 g/mol. The number of hydrogen-bond donors (Lipinski definition) is 1. The van der Waals surface area contributed by atoms with Gasteiger partial charge in [0.1, 0.15) is 0 Å². The molecule has 0 bridgehead atoms. The maximum atomic E-state index is 12.9. The minimum Gasteiger partial charge on any atom is -0.339 e. The van der Waals surface area contributed by atoms with E-state index in [0.29, 0.717) is 17.8 Å². The third-order valence-corrected chi connectivity index (χ3v) is 5.42. The van der Waals surface area contributed by atoms with Gasteiger partial charge in [-0.15, -0.1) is 0 Å². The number of aryl methyl sites for hydroxylation is 1. The summed E-state index contributed by atoms with van der Waals surface area (Å²) in [5, 5.41) is 7.00. The molecule has 2 aliphatic rings. The van der Waals surface area contributed by atoms with Gasteiger partial charge in [0.15, 0.2) is 0 Å². The Morgan fingerprint density at radius 1 is 1.38 bits per heavy atom. The number of nitrogens with zero attached hydrogens (tertiary/aromatic N) is 4. The number of piperazine rings is 1. The first kappa shape index (κ1) is 17.0. The standard InChI is InChI=1S/C19H25N5O2/c1-3-16-11-23-9-5-8-17(23)12-24(16)19(25)21-15-7-4-6-14(10-15)18-20-13(2)26-22-18/h4,6-7,10,16-17H,3,5,8-9,11-12H2,1-2H3,(H,21,25)/t16-,17-/m0/s1. The lowest BCUT2D eigenvalue weighted by Gasteiger charge is -2.43. The number of hydrogen-bond acceptors (Lipinski definition) is 5. The molecule has 3 heterocycles. The Labute approximate surface area is 153 Å². The highest BCUT2D eigenvalue weighted by molar-refractivity contribution is 5.90. The summed E-state index contributed by atoms with van der Waals surface area (Å²) in [6.45, 7) is 6.88. The van der Waals surface area contributed by atoms with Gasteiger partial charge < -0.3 is 14.7 Å². The number of anilines is 1. The SMILES string of the molecule is CC[C@H]1CN2CCC[C@H]2CN1C(=O)Nc1cccc(-c2noc(C)n2)c1. The Morgan fingerprint density at radius 3 is 3.04 bits per heavy atom. The lowest BCUT2D eigenvalue weighted by Crippen LogP contribution is -2.58. The first-order valence-corrected chi connectivity index (χ1v) is 9.36. The van der Waals surface area contributed by atoms with E-state index in [2.05, 4.69) is 27.3 Å². The van der Waals surface area contributed by atoms with Crippen LogP contribution in [0.4, 0.5) is 10.5 Å². The van der Waals surface area contributed by atoms with Crippen molar-refractivity contribution in [2.45, 2.75) is 45.2 Å². The molecule has 2 fully saturated rings. The van der Waals surface area contributed by atoms with Crippen molar-refractivity contribution in [3.63, 3.8) is 0 Å². The molecule has 1 N–H and O–H groups in total. The molecule has 2 amide bonds. The van der Waals surface area contributed by atoms with Crippen LogP contribution in [0.5, 0.6) is 0 Å². The second kappa shape index (κ2) is 7.07. The molecule has 0 aliphatic carbocycles. The summed E-state index contributed by atoms with van der Waals surface area (Å²) in [6.07, 6.45) is 3.40. The fourth-order valence-corrected chi connectivity index (χ4v) is 4.03. The van der Waals surface area contributed by atoms with Crippen LogP contribution in [0.1, 0.15) is 32.1 Å². The van der Waals surface area contributed by atoms with Crippen LogP contribution in [0.25, 0.3) is 11.4 Å². The summed E-state index contributed by atoms with van der Waals surface area (Å²) in [4.78, 5) is 21.7. The normalized spacial score (nSPS) is 23.1. The Bertz CT molecular complexity index is 790. The smallest absolute Gasteiger partial charge is 0.322 e. The molecule has 0 unspecified atom stereocenters. The maximum absolute atomic E-state index is 12.9. The molecule has 1 aromatic carbocycles. The van der Waals surface area contributed by atoms with E-state index < -0.39 is 0 Å². The summed E-state index contributed by atoms with van der Waals surface area (Å²) in [7, 11) is 0. The highest BCUT2D eigenvalue weighted by Gasteiger charge is 2.37. The zero-order valence-electron chi connectivity index (χ0n) is 15.3. The summed E-state index contributed by atoms with van der Waals surface area (Å²) in [5.41, 5.74) is 1.57. The quantitative estimate of drug-likeness (QED) is 0.915. The summed E-state index contributed by atoms with van der Waals surface area (Å²) < 4.78 is 5.04. The van der Waals surface area contributed by atoms with E-state index in [4.69, 9.17) is 4.52 Å². The molecule has 2 aromatic rings. The van der Waals surface area contributed by atoms with Crippen molar-refractivity contribution in [1.82, 2.24) is 19.9 Å². The van der Waals surface area contributed by atoms with E-state index in [0.717, 1.165) is 30.8 Å². The van der Waals surface area contributed by atoms with Crippen LogP contribution in [0.2, 0.25) is 0 Å². The van der Waals surface area contributed by atoms with Gasteiger partial charge in [-0.25, -0.2) is 4.79 Å². The van der Waals surface area contributed by atoms with Gasteiger partial charge in [0.25, 0.3) is 0 Å². The molecule has 2 aliphatic heterocycles. The van der Waals surface area contributed by atoms with Crippen LogP contribution in [-0.4, -0.2) is 57.7 Å². The van der Waals surface area contributed by atoms with Gasteiger partial charge in [0, 0.05) is 43.3 Å². The molecular weight excluding hydrogens is 330 g/mol. The number of rotatable bonds is 3. The van der Waals surface area contributed by atoms with Crippen LogP contribution in [-0.2, 0) is 0 Å². The molecule has 7 heteroatoms. The highest BCUT2D eigenvalue weighted by atomic mass is 16.5. The minimum absolute atomic E-state index is 0.0233. The minimum atomic E-state index is -0.0233. The monoisotopic (exact) mass is 355 g/mol. The molecule has 2 saturated heterocycles. The van der Waals surface area contributed by atoms with Crippen molar-refractivity contribution in [2.75, 3.05) is 25.0 Å². The summed E-state index contributed by atoms with van der Waals surface area (Å²) >= 11 is 0. The Kier molecular flexibility index (Phi) is 4.63. The molecule has 0 spiro atoms. The number of benzene rings is 1. The number of aromatic nitrogens is 2. The Hall–Kier alpha value is -2.41. The topological polar surface area (TPSA) is 74.5 Å². The van der Waals surface area contributed by atoms with Crippen molar-refractivity contribution in [3.8, 4) is 11.4 Å². The van der Waals surface area contributed by atoms with Crippen LogP contribution in [0.15, 0.2) is 28.8 Å². The molecule has 2 atom stereocenters. The van der Waals surface area contributed by atoms with Gasteiger partial charge in [0.05, 0.1) is 0 Å². The van der Waals surface area contributed by atoms with Crippen LogP contribution in [0.3, 0.4) is 0 Å². The van der Waals surface area contributed by atoms with E-state index in [1.807, 2.05) is 29.2 Å². The molecule has 0 saturated carbocycles. The lowest BCUT2D eigenvalue weighted by atomic mass is 10.1. The van der Waals surface area contributed by atoms with Crippen molar-refractivity contribution in [1.29, 1.82) is 0 Å². The van der Waals surface area contributed by atoms with Crippen molar-refractivity contribution in [2.24, 2.45) is 0 Å². The molecule has 1 aromatic heterocycles. The third-order valence-electron chi connectivity index (χ3n) is 5.42. The van der Waals surface area contributed by atoms with Crippen molar-refractivity contribution >= 4 is 11.7 Å². The molecule has 26 heavy (non-hydrogen) atoms. The first-order valence-electron chi connectivity index (χ1n) is 9.36. The Morgan fingerprint density at radius 2 is 2.27 bits per heavy atom. The predicted octanol–water partition coefficient (Wildman–Crippen LogP) is 3.14. The average Bonchev–Trinajstić information content (AvgIpc) is 3.29. The number of carbonyl (C=O) groups excluding carboxylic acids is 1. The van der Waals surface area contributed by atoms with Crippen molar-refractivity contribution < 1.29 is 9.32 Å². The number of amides is 2. The van der Waals surface area contributed by atoms with E-state index in [9.17, 15) is 4.79 Å². The van der Waals surface area contributed by atoms with Crippen molar-refractivity contribution in [3.05, 3.63) is 30.2 Å². The van der Waals surface area contributed by atoms with Gasteiger partial charge >= 0.3 is 6.03 Å². The number of carbonyl (C=O) groups is 1. The molecule has 7 nitrogen and oxygen atoms in total. The first-order chi connectivity index (χ1) is 12.6. The van der Waals surface area contributed by atoms with Gasteiger partial charge in [0.2, 0.25) is 11.7 Å². The fraction of sp³-hybridized carbons (Fsp3) is 0.526. The van der Waals surface area contributed by atoms with Crippen LogP contribution < -0.4 is 5.32 Å². The predicted molar refractivity (Wildman–Crippen MR) is 98.9 cm³/mol. The molecule has 138 valence electrons. The number of urea groups is 1. The van der Waals surface area contributed by atoms with Gasteiger partial charge in [-0.3, -0.25) is 4.90 Å². The number of fused-ring (bicyclic) bond motifs is 1. The van der Waals surface area contributed by atoms with Crippen LogP contribution in [0, 0.1) is 6.92 Å². The molecule has 4 rings (SSSR count). The largest absolute Gasteiger partial charge is 0.339 e. The summed E-state index contributed by atoms with van der Waals surface area (Å²) in [6, 6.07) is 8.33. The zero-order valence-corrected chi connectivity index (χ0v) is 15.3. The molecule has 0 radical (unpaired) electrons. The third kappa shape index (κ3) is 3.31. The zero-order chi connectivity index (χ0) is 18.1. The van der Waals surface area contributed by atoms with E-state index >= 15 is 0 Å². The summed E-state index contributed by atoms with van der Waals surface area (Å²) in [5.74, 6) is 1.05. The molecular formula is C19H25N5O2.